The number of aliphatic hydroxyl groups is 1. The first kappa shape index (κ1) is 8.34. The average molecular weight is 173 g/mol. The second kappa shape index (κ2) is 3.09. The molecule has 60 valence electrons. The fourth-order valence-electron chi connectivity index (χ4n) is 1.09. The first-order valence-electron chi connectivity index (χ1n) is 3.38. The number of halogens is 1. The minimum atomic E-state index is -0.537. The molecule has 0 radical (unpaired) electrons. The third kappa shape index (κ3) is 1.46. The van der Waals surface area contributed by atoms with Gasteiger partial charge >= 0.3 is 0 Å². The lowest BCUT2D eigenvalue weighted by molar-refractivity contribution is -0.114. The molecule has 0 aromatic rings. The van der Waals surface area contributed by atoms with Crippen molar-refractivity contribution in [2.45, 2.75) is 18.2 Å². The van der Waals surface area contributed by atoms with E-state index in [1.807, 2.05) is 0 Å². The van der Waals surface area contributed by atoms with Crippen molar-refractivity contribution in [2.24, 2.45) is 0 Å². The predicted octanol–water partition coefficient (Wildman–Crippen LogP) is 1.95. The van der Waals surface area contributed by atoms with Crippen LogP contribution in [0.3, 0.4) is 0 Å². The molecule has 0 aliphatic heterocycles. The van der Waals surface area contributed by atoms with Crippen LogP contribution in [0.1, 0.15) is 12.8 Å². The number of hydrogen-bond acceptors (Lipinski definition) is 2. The third-order valence-electron chi connectivity index (χ3n) is 1.68. The van der Waals surface area contributed by atoms with Gasteiger partial charge in [-0.25, -0.2) is 0 Å². The summed E-state index contributed by atoms with van der Waals surface area (Å²) in [4.78, 5) is 11.0. The van der Waals surface area contributed by atoms with Gasteiger partial charge in [0.05, 0.1) is 11.0 Å². The maximum Gasteiger partial charge on any atom is 0.164 e. The summed E-state index contributed by atoms with van der Waals surface area (Å²) in [6.07, 6.45) is 2.24. The lowest BCUT2D eigenvalue weighted by Gasteiger charge is -2.02. The summed E-state index contributed by atoms with van der Waals surface area (Å²) < 4.78 is 0. The van der Waals surface area contributed by atoms with Gasteiger partial charge in [0.1, 0.15) is 5.76 Å². The van der Waals surface area contributed by atoms with Gasteiger partial charge in [0.2, 0.25) is 0 Å². The van der Waals surface area contributed by atoms with Gasteiger partial charge in [-0.3, -0.25) is 4.79 Å². The molecule has 0 saturated carbocycles. The Morgan fingerprint density at radius 1 is 1.64 bits per heavy atom. The van der Waals surface area contributed by atoms with E-state index in [9.17, 15) is 9.90 Å². The molecule has 1 rings (SSSR count). The number of rotatable bonds is 2. The van der Waals surface area contributed by atoms with Crippen LogP contribution in [0.25, 0.3) is 0 Å². The SMILES string of the molecule is C=CC(Cl)C1=C(O)CCC1=O. The van der Waals surface area contributed by atoms with Crippen molar-refractivity contribution in [3.63, 3.8) is 0 Å². The maximum atomic E-state index is 11.0. The topological polar surface area (TPSA) is 37.3 Å². The molecule has 0 amide bonds. The molecule has 0 aromatic carbocycles. The van der Waals surface area contributed by atoms with Gasteiger partial charge in [-0.2, -0.15) is 0 Å². The normalized spacial score (nSPS) is 20.6. The highest BCUT2D eigenvalue weighted by atomic mass is 35.5. The molecule has 0 aromatic heterocycles. The molecule has 0 bridgehead atoms. The summed E-state index contributed by atoms with van der Waals surface area (Å²) in [7, 11) is 0. The highest BCUT2D eigenvalue weighted by Crippen LogP contribution is 2.26. The summed E-state index contributed by atoms with van der Waals surface area (Å²) in [6, 6.07) is 0. The molecule has 0 heterocycles. The standard InChI is InChI=1S/C8H9ClO2/c1-2-5(9)8-6(10)3-4-7(8)11/h2,5,10H,1,3-4H2. The highest BCUT2D eigenvalue weighted by Gasteiger charge is 2.26. The van der Waals surface area contributed by atoms with Gasteiger partial charge in [-0.15, -0.1) is 18.2 Å². The number of alkyl halides is 1. The fourth-order valence-corrected chi connectivity index (χ4v) is 1.34. The van der Waals surface area contributed by atoms with Gasteiger partial charge in [0.25, 0.3) is 0 Å². The lowest BCUT2D eigenvalue weighted by Crippen LogP contribution is -2.07. The van der Waals surface area contributed by atoms with Crippen LogP contribution in [0.4, 0.5) is 0 Å². The Bertz CT molecular complexity index is 230. The van der Waals surface area contributed by atoms with E-state index in [2.05, 4.69) is 6.58 Å². The summed E-state index contributed by atoms with van der Waals surface area (Å²) >= 11 is 5.70. The van der Waals surface area contributed by atoms with Crippen molar-refractivity contribution in [3.05, 3.63) is 24.0 Å². The zero-order valence-electron chi connectivity index (χ0n) is 6.01. The van der Waals surface area contributed by atoms with Crippen LogP contribution in [-0.2, 0) is 4.79 Å². The van der Waals surface area contributed by atoms with Crippen molar-refractivity contribution in [1.82, 2.24) is 0 Å². The minimum absolute atomic E-state index is 0.0672. The molecule has 0 fully saturated rings. The van der Waals surface area contributed by atoms with Gasteiger partial charge in [0.15, 0.2) is 5.78 Å². The quantitative estimate of drug-likeness (QED) is 0.511. The van der Waals surface area contributed by atoms with E-state index in [1.54, 1.807) is 0 Å². The number of ketones is 1. The van der Waals surface area contributed by atoms with E-state index in [0.717, 1.165) is 0 Å². The van der Waals surface area contributed by atoms with Gasteiger partial charge in [0, 0.05) is 12.8 Å². The molecule has 1 aliphatic carbocycles. The van der Waals surface area contributed by atoms with Crippen LogP contribution < -0.4 is 0 Å². The molecular weight excluding hydrogens is 164 g/mol. The number of allylic oxidation sites excluding steroid dienone is 3. The number of carbonyl (C=O) groups is 1. The Morgan fingerprint density at radius 3 is 2.64 bits per heavy atom. The molecule has 11 heavy (non-hydrogen) atoms. The van der Waals surface area contributed by atoms with Crippen LogP contribution >= 0.6 is 11.6 Å². The largest absolute Gasteiger partial charge is 0.512 e. The number of Topliss-reactive ketones (excluding diaryl/α,β-unsaturated/α-hetero) is 1. The fraction of sp³-hybridized carbons (Fsp3) is 0.375. The van der Waals surface area contributed by atoms with Crippen molar-refractivity contribution in [1.29, 1.82) is 0 Å². The molecular formula is C8H9ClO2. The third-order valence-corrected chi connectivity index (χ3v) is 2.08. The number of carbonyl (C=O) groups excluding carboxylic acids is 1. The van der Waals surface area contributed by atoms with E-state index in [0.29, 0.717) is 18.4 Å². The zero-order valence-corrected chi connectivity index (χ0v) is 6.77. The molecule has 0 saturated heterocycles. The number of aliphatic hydroxyl groups excluding tert-OH is 1. The highest BCUT2D eigenvalue weighted by molar-refractivity contribution is 6.27. The minimum Gasteiger partial charge on any atom is -0.512 e. The molecule has 3 heteroatoms. The van der Waals surface area contributed by atoms with Crippen molar-refractivity contribution in [2.75, 3.05) is 0 Å². The second-order valence-electron chi connectivity index (χ2n) is 2.42. The first-order valence-corrected chi connectivity index (χ1v) is 3.82. The van der Waals surface area contributed by atoms with Crippen molar-refractivity contribution < 1.29 is 9.90 Å². The van der Waals surface area contributed by atoms with Gasteiger partial charge in [-0.1, -0.05) is 6.08 Å². The lowest BCUT2D eigenvalue weighted by atomic mass is 10.1. The predicted molar refractivity (Wildman–Crippen MR) is 43.7 cm³/mol. The van der Waals surface area contributed by atoms with E-state index < -0.39 is 5.38 Å². The van der Waals surface area contributed by atoms with Crippen LogP contribution in [0.2, 0.25) is 0 Å². The summed E-state index contributed by atoms with van der Waals surface area (Å²) in [5.74, 6) is 0.0531. The smallest absolute Gasteiger partial charge is 0.164 e. The Hall–Kier alpha value is -0.760. The molecule has 1 atom stereocenters. The Labute approximate surface area is 70.2 Å². The van der Waals surface area contributed by atoms with Gasteiger partial charge in [-0.05, 0) is 0 Å². The van der Waals surface area contributed by atoms with E-state index in [-0.39, 0.29) is 11.5 Å². The summed E-state index contributed by atoms with van der Waals surface area (Å²) in [5, 5.41) is 8.65. The molecule has 1 aliphatic rings. The molecule has 0 spiro atoms. The number of hydrogen-bond donors (Lipinski definition) is 1. The van der Waals surface area contributed by atoms with Crippen molar-refractivity contribution in [3.8, 4) is 0 Å². The summed E-state index contributed by atoms with van der Waals surface area (Å²) in [6.45, 7) is 3.44. The molecule has 1 N–H and O–H groups in total. The van der Waals surface area contributed by atoms with E-state index in [1.165, 1.54) is 6.08 Å². The van der Waals surface area contributed by atoms with Crippen molar-refractivity contribution >= 4 is 17.4 Å². The average Bonchev–Trinajstić information content (AvgIpc) is 2.30. The molecule has 2 nitrogen and oxygen atoms in total. The van der Waals surface area contributed by atoms with Crippen LogP contribution in [0.15, 0.2) is 24.0 Å². The van der Waals surface area contributed by atoms with Gasteiger partial charge < -0.3 is 5.11 Å². The maximum absolute atomic E-state index is 11.0. The van der Waals surface area contributed by atoms with Crippen LogP contribution in [0, 0.1) is 0 Å². The molecule has 1 unspecified atom stereocenters. The Morgan fingerprint density at radius 2 is 2.27 bits per heavy atom. The zero-order chi connectivity index (χ0) is 8.43. The monoisotopic (exact) mass is 172 g/mol. The van der Waals surface area contributed by atoms with E-state index >= 15 is 0 Å². The Balaban J connectivity index is 2.91. The Kier molecular flexibility index (Phi) is 2.35. The second-order valence-corrected chi connectivity index (χ2v) is 2.89. The van der Waals surface area contributed by atoms with E-state index in [4.69, 9.17) is 11.6 Å². The summed E-state index contributed by atoms with van der Waals surface area (Å²) in [5.41, 5.74) is 0.321. The first-order chi connectivity index (χ1) is 5.16. The van der Waals surface area contributed by atoms with Crippen LogP contribution in [0.5, 0.6) is 0 Å². The van der Waals surface area contributed by atoms with Crippen LogP contribution in [-0.4, -0.2) is 16.3 Å².